The minimum absolute atomic E-state index is 0.0567. The lowest BCUT2D eigenvalue weighted by atomic mass is 10.0. The molecule has 3 heterocycles. The summed E-state index contributed by atoms with van der Waals surface area (Å²) in [5.41, 5.74) is 1.97. The summed E-state index contributed by atoms with van der Waals surface area (Å²) in [6, 6.07) is 12.0. The summed E-state index contributed by atoms with van der Waals surface area (Å²) in [5, 5.41) is 0.166. The van der Waals surface area contributed by atoms with Crippen molar-refractivity contribution >= 4 is 17.9 Å². The molecule has 4 aromatic rings. The zero-order chi connectivity index (χ0) is 29.6. The number of aromatic nitrogens is 4. The van der Waals surface area contributed by atoms with Gasteiger partial charge in [-0.25, -0.2) is 9.37 Å². The second-order valence-electron chi connectivity index (χ2n) is 10.7. The zero-order valence-corrected chi connectivity index (χ0v) is 23.7. The summed E-state index contributed by atoms with van der Waals surface area (Å²) in [5.74, 6) is -0.546. The summed E-state index contributed by atoms with van der Waals surface area (Å²) in [6.45, 7) is 9.37. The Morgan fingerprint density at radius 3 is 2.36 bits per heavy atom. The Hall–Kier alpha value is -4.41. The number of morpholine rings is 1. The average Bonchev–Trinajstić information content (AvgIpc) is 3.39. The Balaban J connectivity index is 1.39. The van der Waals surface area contributed by atoms with E-state index in [1.54, 1.807) is 36.7 Å². The third kappa shape index (κ3) is 6.89. The van der Waals surface area contributed by atoms with E-state index >= 15 is 0 Å². The minimum atomic E-state index is -0.479. The van der Waals surface area contributed by atoms with Crippen LogP contribution in [0.1, 0.15) is 59.1 Å². The number of rotatable bonds is 9. The van der Waals surface area contributed by atoms with E-state index < -0.39 is 16.9 Å². The van der Waals surface area contributed by atoms with E-state index in [-0.39, 0.29) is 22.4 Å². The number of ether oxygens (including phenoxy) is 1. The lowest BCUT2D eigenvalue weighted by Crippen LogP contribution is -2.46. The van der Waals surface area contributed by atoms with Crippen LogP contribution in [0.25, 0.3) is 12.2 Å². The molecule has 2 N–H and O–H groups in total. The molecule has 0 amide bonds. The molecule has 9 nitrogen and oxygen atoms in total. The highest BCUT2D eigenvalue weighted by Crippen LogP contribution is 2.20. The predicted octanol–water partition coefficient (Wildman–Crippen LogP) is 2.13. The van der Waals surface area contributed by atoms with Crippen LogP contribution >= 0.6 is 0 Å². The summed E-state index contributed by atoms with van der Waals surface area (Å²) in [7, 11) is 0. The maximum Gasteiger partial charge on any atom is 0.272 e. The summed E-state index contributed by atoms with van der Waals surface area (Å²) in [6.07, 6.45) is 5.87. The standard InChI is InChI=1S/C32H34FN5O4/c1-21(2)29-26(34-20-38(29)12-4-11-37-13-15-42-16-14-37)19-28-32(41)35-27(31(40)36-28)18-22-5-3-6-24(17-22)30(39)23-7-9-25(33)10-8-23/h3,5-10,17-21H,4,11-16H2,1-2H3,(H,35,41)(H,36,40)/b27-18-,28-19-. The van der Waals surface area contributed by atoms with Crippen molar-refractivity contribution in [2.45, 2.75) is 32.7 Å². The van der Waals surface area contributed by atoms with Crippen LogP contribution in [0, 0.1) is 5.82 Å². The molecule has 0 spiro atoms. The smallest absolute Gasteiger partial charge is 0.272 e. The molecule has 0 bridgehead atoms. The number of carbonyl (C=O) groups excluding carboxylic acids is 1. The van der Waals surface area contributed by atoms with Gasteiger partial charge >= 0.3 is 0 Å². The number of nitrogens with one attached hydrogen (secondary N) is 2. The van der Waals surface area contributed by atoms with Crippen molar-refractivity contribution < 1.29 is 13.9 Å². The lowest BCUT2D eigenvalue weighted by Gasteiger charge is -2.26. The molecule has 0 aliphatic carbocycles. The van der Waals surface area contributed by atoms with Crippen molar-refractivity contribution in [3.63, 3.8) is 0 Å². The first-order chi connectivity index (χ1) is 20.3. The Morgan fingerprint density at radius 1 is 0.976 bits per heavy atom. The Kier molecular flexibility index (Phi) is 9.04. The van der Waals surface area contributed by atoms with Gasteiger partial charge in [0.1, 0.15) is 16.5 Å². The highest BCUT2D eigenvalue weighted by molar-refractivity contribution is 6.09. The van der Waals surface area contributed by atoms with Crippen LogP contribution in [0.3, 0.4) is 0 Å². The molecule has 218 valence electrons. The lowest BCUT2D eigenvalue weighted by molar-refractivity contribution is 0.0369. The third-order valence-corrected chi connectivity index (χ3v) is 7.26. The van der Waals surface area contributed by atoms with Gasteiger partial charge in [-0.15, -0.1) is 0 Å². The van der Waals surface area contributed by atoms with E-state index in [9.17, 15) is 18.8 Å². The highest BCUT2D eigenvalue weighted by Gasteiger charge is 2.15. The first-order valence-electron chi connectivity index (χ1n) is 14.1. The number of aryl methyl sites for hydroxylation is 1. The molecule has 1 fully saturated rings. The van der Waals surface area contributed by atoms with E-state index in [2.05, 4.69) is 38.3 Å². The van der Waals surface area contributed by atoms with Gasteiger partial charge in [0, 0.05) is 43.0 Å². The van der Waals surface area contributed by atoms with Crippen LogP contribution in [0.5, 0.6) is 0 Å². The van der Waals surface area contributed by atoms with Gasteiger partial charge in [0.25, 0.3) is 11.1 Å². The van der Waals surface area contributed by atoms with Gasteiger partial charge in [0.15, 0.2) is 5.78 Å². The Bertz CT molecular complexity index is 1800. The molecule has 1 aliphatic rings. The van der Waals surface area contributed by atoms with Crippen LogP contribution in [-0.2, 0) is 11.3 Å². The highest BCUT2D eigenvalue weighted by atomic mass is 19.1. The number of benzene rings is 2. The number of H-pyrrole nitrogens is 2. The zero-order valence-electron chi connectivity index (χ0n) is 23.7. The minimum Gasteiger partial charge on any atom is -0.379 e. The number of hydrogen-bond donors (Lipinski definition) is 2. The first kappa shape index (κ1) is 29.1. The third-order valence-electron chi connectivity index (χ3n) is 7.26. The molecule has 1 saturated heterocycles. The Labute approximate surface area is 242 Å². The average molecular weight is 572 g/mol. The van der Waals surface area contributed by atoms with Crippen molar-refractivity contribution in [2.24, 2.45) is 0 Å². The molecular formula is C32H34FN5O4. The van der Waals surface area contributed by atoms with E-state index in [1.165, 1.54) is 30.3 Å². The van der Waals surface area contributed by atoms with Crippen LogP contribution in [0.4, 0.5) is 4.39 Å². The topological polar surface area (TPSA) is 113 Å². The second-order valence-corrected chi connectivity index (χ2v) is 10.7. The number of aromatic amines is 2. The van der Waals surface area contributed by atoms with Gasteiger partial charge in [-0.1, -0.05) is 32.0 Å². The van der Waals surface area contributed by atoms with Crippen molar-refractivity contribution in [1.82, 2.24) is 24.4 Å². The van der Waals surface area contributed by atoms with Gasteiger partial charge in [-0.3, -0.25) is 19.3 Å². The number of hydrogen-bond acceptors (Lipinski definition) is 6. The predicted molar refractivity (Wildman–Crippen MR) is 159 cm³/mol. The number of halogens is 1. The number of nitrogens with zero attached hydrogens (tertiary/aromatic N) is 3. The fourth-order valence-corrected chi connectivity index (χ4v) is 5.15. The van der Waals surface area contributed by atoms with Gasteiger partial charge in [0.2, 0.25) is 0 Å². The SMILES string of the molecule is CC(C)c1c(/C=c2\[nH]c(=O)/c(=C/c3cccc(C(=O)c4ccc(F)cc4)c3)[nH]c2=O)ncn1CCCN1CCOCC1. The molecule has 0 saturated carbocycles. The first-order valence-corrected chi connectivity index (χ1v) is 14.1. The van der Waals surface area contributed by atoms with Crippen LogP contribution in [0.15, 0.2) is 64.4 Å². The van der Waals surface area contributed by atoms with E-state index in [1.807, 2.05) is 0 Å². The van der Waals surface area contributed by atoms with Gasteiger partial charge in [-0.2, -0.15) is 0 Å². The fourth-order valence-electron chi connectivity index (χ4n) is 5.15. The summed E-state index contributed by atoms with van der Waals surface area (Å²) >= 11 is 0. The quantitative estimate of drug-likeness (QED) is 0.298. The van der Waals surface area contributed by atoms with E-state index in [0.29, 0.717) is 22.4 Å². The van der Waals surface area contributed by atoms with Crippen molar-refractivity contribution in [1.29, 1.82) is 0 Å². The molecule has 2 aromatic carbocycles. The molecule has 42 heavy (non-hydrogen) atoms. The summed E-state index contributed by atoms with van der Waals surface area (Å²) in [4.78, 5) is 51.1. The van der Waals surface area contributed by atoms with E-state index in [0.717, 1.165) is 51.5 Å². The largest absolute Gasteiger partial charge is 0.379 e. The Morgan fingerprint density at radius 2 is 1.67 bits per heavy atom. The molecule has 0 radical (unpaired) electrons. The van der Waals surface area contributed by atoms with E-state index in [4.69, 9.17) is 4.74 Å². The molecule has 5 rings (SSSR count). The number of imidazole rings is 1. The molecule has 0 atom stereocenters. The van der Waals surface area contributed by atoms with Crippen LogP contribution in [-0.4, -0.2) is 63.1 Å². The molecular weight excluding hydrogens is 537 g/mol. The monoisotopic (exact) mass is 571 g/mol. The van der Waals surface area contributed by atoms with Crippen molar-refractivity contribution in [3.05, 3.63) is 120 Å². The molecule has 0 unspecified atom stereocenters. The maximum atomic E-state index is 13.3. The normalized spacial score (nSPS) is 15.0. The van der Waals surface area contributed by atoms with Crippen LogP contribution < -0.4 is 21.8 Å². The summed E-state index contributed by atoms with van der Waals surface area (Å²) < 4.78 is 20.8. The van der Waals surface area contributed by atoms with Gasteiger partial charge in [0.05, 0.1) is 25.2 Å². The van der Waals surface area contributed by atoms with Crippen LogP contribution in [0.2, 0.25) is 0 Å². The fraction of sp³-hybridized carbons (Fsp3) is 0.312. The maximum absolute atomic E-state index is 13.3. The molecule has 10 heteroatoms. The molecule has 2 aromatic heterocycles. The van der Waals surface area contributed by atoms with Gasteiger partial charge < -0.3 is 19.3 Å². The van der Waals surface area contributed by atoms with Crippen molar-refractivity contribution in [2.75, 3.05) is 32.8 Å². The number of ketones is 1. The molecule has 1 aliphatic heterocycles. The second kappa shape index (κ2) is 13.1. The van der Waals surface area contributed by atoms with Crippen molar-refractivity contribution in [3.8, 4) is 0 Å². The van der Waals surface area contributed by atoms with Gasteiger partial charge in [-0.05, 0) is 60.4 Å². The number of carbonyl (C=O) groups is 1.